The second kappa shape index (κ2) is 7.36. The number of hydrogen-bond acceptors (Lipinski definition) is 6. The fourth-order valence-corrected chi connectivity index (χ4v) is 2.64. The Morgan fingerprint density at radius 3 is 2.95 bits per heavy atom. The van der Waals surface area contributed by atoms with Crippen molar-refractivity contribution in [3.8, 4) is 0 Å². The highest BCUT2D eigenvalue weighted by Gasteiger charge is 2.12. The van der Waals surface area contributed by atoms with E-state index in [0.29, 0.717) is 5.69 Å². The maximum absolute atomic E-state index is 11.8. The van der Waals surface area contributed by atoms with Crippen molar-refractivity contribution in [2.24, 2.45) is 0 Å². The maximum Gasteiger partial charge on any atom is 0.325 e. The number of carboxylic acid groups (broad SMARTS) is 1. The van der Waals surface area contributed by atoms with Gasteiger partial charge in [0.25, 0.3) is 0 Å². The lowest BCUT2D eigenvalue weighted by atomic mass is 10.3. The topological polar surface area (TPSA) is 110 Å². The standard InChI is InChI=1S/C11H10IN5O3S/c12-7-2-1-3-8(4-7)13-9(18)6-21-11-14-15-16-17(11)5-10(19)20/h1-4H,5-6H2,(H,13,18)(H,19,20). The number of aromatic nitrogens is 4. The fourth-order valence-electron chi connectivity index (χ4n) is 1.42. The monoisotopic (exact) mass is 419 g/mol. The van der Waals surface area contributed by atoms with E-state index in [-0.39, 0.29) is 23.4 Å². The summed E-state index contributed by atoms with van der Waals surface area (Å²) in [6, 6.07) is 7.40. The molecule has 21 heavy (non-hydrogen) atoms. The van der Waals surface area contributed by atoms with Crippen LogP contribution in [0.3, 0.4) is 0 Å². The molecule has 1 heterocycles. The predicted octanol–water partition coefficient (Wildman–Crippen LogP) is 1.09. The molecule has 0 aliphatic carbocycles. The van der Waals surface area contributed by atoms with Crippen molar-refractivity contribution in [2.45, 2.75) is 11.7 Å². The Kier molecular flexibility index (Phi) is 5.50. The average Bonchev–Trinajstić information content (AvgIpc) is 2.83. The van der Waals surface area contributed by atoms with Gasteiger partial charge in [0, 0.05) is 9.26 Å². The number of tetrazole rings is 1. The highest BCUT2D eigenvalue weighted by Crippen LogP contribution is 2.16. The van der Waals surface area contributed by atoms with Crippen LogP contribution in [0.5, 0.6) is 0 Å². The first kappa shape index (κ1) is 15.7. The van der Waals surface area contributed by atoms with E-state index in [1.54, 1.807) is 6.07 Å². The molecule has 2 aromatic rings. The normalized spacial score (nSPS) is 10.3. The number of nitrogens with zero attached hydrogens (tertiary/aromatic N) is 4. The molecule has 0 aliphatic rings. The van der Waals surface area contributed by atoms with Crippen LogP contribution in [-0.4, -0.2) is 42.9 Å². The number of anilines is 1. The smallest absolute Gasteiger partial charge is 0.325 e. The van der Waals surface area contributed by atoms with Crippen molar-refractivity contribution in [1.82, 2.24) is 20.2 Å². The van der Waals surface area contributed by atoms with Crippen molar-refractivity contribution >= 4 is 51.9 Å². The lowest BCUT2D eigenvalue weighted by Crippen LogP contribution is -2.16. The molecule has 1 aromatic carbocycles. The van der Waals surface area contributed by atoms with Crippen molar-refractivity contribution in [3.05, 3.63) is 27.8 Å². The number of aliphatic carboxylic acids is 1. The molecule has 0 spiro atoms. The molecular weight excluding hydrogens is 409 g/mol. The summed E-state index contributed by atoms with van der Waals surface area (Å²) in [6.07, 6.45) is 0. The molecule has 1 amide bonds. The van der Waals surface area contributed by atoms with Gasteiger partial charge in [-0.25, -0.2) is 4.68 Å². The predicted molar refractivity (Wildman–Crippen MR) is 84.0 cm³/mol. The zero-order valence-corrected chi connectivity index (χ0v) is 13.5. The SMILES string of the molecule is O=C(O)Cn1nnnc1SCC(=O)Nc1cccc(I)c1. The molecule has 110 valence electrons. The summed E-state index contributed by atoms with van der Waals surface area (Å²) in [6.45, 7) is -0.339. The molecular formula is C11H10IN5O3S. The van der Waals surface area contributed by atoms with Gasteiger partial charge in [0.2, 0.25) is 11.1 Å². The van der Waals surface area contributed by atoms with Gasteiger partial charge in [-0.2, -0.15) is 0 Å². The third-order valence-electron chi connectivity index (χ3n) is 2.22. The van der Waals surface area contributed by atoms with Gasteiger partial charge in [0.15, 0.2) is 0 Å². The molecule has 10 heteroatoms. The van der Waals surface area contributed by atoms with Crippen LogP contribution < -0.4 is 5.32 Å². The third kappa shape index (κ3) is 4.97. The van der Waals surface area contributed by atoms with Gasteiger partial charge < -0.3 is 10.4 Å². The van der Waals surface area contributed by atoms with Crippen LogP contribution in [0.4, 0.5) is 5.69 Å². The van der Waals surface area contributed by atoms with Gasteiger partial charge >= 0.3 is 5.97 Å². The second-order valence-corrected chi connectivity index (χ2v) is 6.05. The van der Waals surface area contributed by atoms with Gasteiger partial charge in [-0.1, -0.05) is 17.8 Å². The molecule has 0 saturated carbocycles. The van der Waals surface area contributed by atoms with E-state index in [2.05, 4.69) is 43.4 Å². The summed E-state index contributed by atoms with van der Waals surface area (Å²) in [7, 11) is 0. The summed E-state index contributed by atoms with van der Waals surface area (Å²) in [5.74, 6) is -1.18. The zero-order valence-electron chi connectivity index (χ0n) is 10.6. The van der Waals surface area contributed by atoms with Crippen molar-refractivity contribution in [2.75, 3.05) is 11.1 Å². The molecule has 0 fully saturated rings. The van der Waals surface area contributed by atoms with E-state index in [1.165, 1.54) is 0 Å². The minimum absolute atomic E-state index is 0.0888. The number of halogens is 1. The second-order valence-electron chi connectivity index (χ2n) is 3.86. The minimum atomic E-state index is -1.05. The van der Waals surface area contributed by atoms with Crippen LogP contribution >= 0.6 is 34.4 Å². The molecule has 2 N–H and O–H groups in total. The summed E-state index contributed by atoms with van der Waals surface area (Å²) in [4.78, 5) is 22.4. The van der Waals surface area contributed by atoms with Crippen LogP contribution in [0.15, 0.2) is 29.4 Å². The largest absolute Gasteiger partial charge is 0.480 e. The highest BCUT2D eigenvalue weighted by atomic mass is 127. The summed E-state index contributed by atoms with van der Waals surface area (Å²) < 4.78 is 2.15. The third-order valence-corrected chi connectivity index (χ3v) is 3.85. The van der Waals surface area contributed by atoms with Gasteiger partial charge in [0.05, 0.1) is 5.75 Å². The maximum atomic E-state index is 11.8. The van der Waals surface area contributed by atoms with E-state index in [4.69, 9.17) is 5.11 Å². The Hall–Kier alpha value is -1.69. The molecule has 0 radical (unpaired) electrons. The molecule has 0 bridgehead atoms. The van der Waals surface area contributed by atoms with Gasteiger partial charge in [-0.15, -0.1) is 5.10 Å². The summed E-state index contributed by atoms with van der Waals surface area (Å²) in [5.41, 5.74) is 0.706. The molecule has 0 unspecified atom stereocenters. The fraction of sp³-hybridized carbons (Fsp3) is 0.182. The lowest BCUT2D eigenvalue weighted by molar-refractivity contribution is -0.138. The molecule has 2 rings (SSSR count). The van der Waals surface area contributed by atoms with Crippen LogP contribution in [0.2, 0.25) is 0 Å². The Morgan fingerprint density at radius 2 is 2.24 bits per heavy atom. The van der Waals surface area contributed by atoms with E-state index in [0.717, 1.165) is 20.0 Å². The van der Waals surface area contributed by atoms with Crippen LogP contribution in [-0.2, 0) is 16.1 Å². The number of carbonyl (C=O) groups is 2. The molecule has 0 aliphatic heterocycles. The first-order chi connectivity index (χ1) is 10.0. The van der Waals surface area contributed by atoms with E-state index in [9.17, 15) is 9.59 Å². The average molecular weight is 419 g/mol. The quantitative estimate of drug-likeness (QED) is 0.533. The van der Waals surface area contributed by atoms with Crippen molar-refractivity contribution in [3.63, 3.8) is 0 Å². The Labute approximate surface area is 137 Å². The number of thioether (sulfide) groups is 1. The first-order valence-corrected chi connectivity index (χ1v) is 7.77. The van der Waals surface area contributed by atoms with E-state index in [1.807, 2.05) is 18.2 Å². The van der Waals surface area contributed by atoms with Crippen LogP contribution in [0, 0.1) is 3.57 Å². The van der Waals surface area contributed by atoms with Crippen LogP contribution in [0.25, 0.3) is 0 Å². The molecule has 1 aromatic heterocycles. The molecule has 0 saturated heterocycles. The first-order valence-electron chi connectivity index (χ1n) is 5.71. The van der Waals surface area contributed by atoms with Crippen LogP contribution in [0.1, 0.15) is 0 Å². The number of amides is 1. The van der Waals surface area contributed by atoms with E-state index >= 15 is 0 Å². The van der Waals surface area contributed by atoms with Crippen molar-refractivity contribution in [1.29, 1.82) is 0 Å². The number of rotatable bonds is 6. The Balaban J connectivity index is 1.89. The number of benzene rings is 1. The summed E-state index contributed by atoms with van der Waals surface area (Å²) in [5, 5.41) is 22.4. The van der Waals surface area contributed by atoms with Gasteiger partial charge in [0.1, 0.15) is 6.54 Å². The van der Waals surface area contributed by atoms with Gasteiger partial charge in [-0.3, -0.25) is 9.59 Å². The number of carboxylic acids is 1. The number of nitrogens with one attached hydrogen (secondary N) is 1. The summed E-state index contributed by atoms with van der Waals surface area (Å²) >= 11 is 3.23. The molecule has 0 atom stereocenters. The zero-order chi connectivity index (χ0) is 15.2. The van der Waals surface area contributed by atoms with Gasteiger partial charge in [-0.05, 0) is 51.2 Å². The minimum Gasteiger partial charge on any atom is -0.480 e. The van der Waals surface area contributed by atoms with E-state index < -0.39 is 5.97 Å². The lowest BCUT2D eigenvalue weighted by Gasteiger charge is -2.05. The number of carbonyl (C=O) groups excluding carboxylic acids is 1. The van der Waals surface area contributed by atoms with Crippen molar-refractivity contribution < 1.29 is 14.7 Å². The Morgan fingerprint density at radius 1 is 1.43 bits per heavy atom. The molecule has 8 nitrogen and oxygen atoms in total. The highest BCUT2D eigenvalue weighted by molar-refractivity contribution is 14.1. The Bertz CT molecular complexity index is 663. The number of hydrogen-bond donors (Lipinski definition) is 2.